The highest BCUT2D eigenvalue weighted by atomic mass is 32.2. The molecule has 158 valence electrons. The molecule has 0 radical (unpaired) electrons. The van der Waals surface area contributed by atoms with Gasteiger partial charge in [0.05, 0.1) is 23.0 Å². The molecule has 4 rings (SSSR count). The Labute approximate surface area is 175 Å². The van der Waals surface area contributed by atoms with E-state index < -0.39 is 15.8 Å². The van der Waals surface area contributed by atoms with Crippen LogP contribution in [-0.4, -0.2) is 41.1 Å². The van der Waals surface area contributed by atoms with Crippen molar-refractivity contribution in [2.24, 2.45) is 5.92 Å². The molecule has 2 aromatic carbocycles. The summed E-state index contributed by atoms with van der Waals surface area (Å²) in [7, 11) is -3.30. The number of benzene rings is 2. The van der Waals surface area contributed by atoms with E-state index in [0.29, 0.717) is 49.8 Å². The van der Waals surface area contributed by atoms with Crippen LogP contribution >= 0.6 is 0 Å². The predicted molar refractivity (Wildman–Crippen MR) is 114 cm³/mol. The zero-order chi connectivity index (χ0) is 21.1. The van der Waals surface area contributed by atoms with Gasteiger partial charge in [0.2, 0.25) is 10.0 Å². The maximum Gasteiger partial charge on any atom is 0.261 e. The van der Waals surface area contributed by atoms with Crippen LogP contribution in [0, 0.1) is 11.7 Å². The highest BCUT2D eigenvalue weighted by Gasteiger charge is 2.28. The molecule has 0 N–H and O–H groups in total. The van der Waals surface area contributed by atoms with Crippen LogP contribution in [0.5, 0.6) is 0 Å². The molecule has 0 spiro atoms. The van der Waals surface area contributed by atoms with Crippen LogP contribution in [0.2, 0.25) is 0 Å². The molecule has 0 atom stereocenters. The van der Waals surface area contributed by atoms with Gasteiger partial charge in [0.1, 0.15) is 5.82 Å². The summed E-state index contributed by atoms with van der Waals surface area (Å²) in [4.78, 5) is 16.8. The summed E-state index contributed by atoms with van der Waals surface area (Å²) in [5.74, 6) is -0.122. The minimum absolute atomic E-state index is 0.103. The predicted octanol–water partition coefficient (Wildman–Crippen LogP) is 2.82. The van der Waals surface area contributed by atoms with Crippen LogP contribution in [0.15, 0.2) is 59.7 Å². The maximum atomic E-state index is 13.3. The van der Waals surface area contributed by atoms with Crippen molar-refractivity contribution in [2.45, 2.75) is 25.8 Å². The van der Waals surface area contributed by atoms with Crippen molar-refractivity contribution in [3.05, 3.63) is 76.6 Å². The van der Waals surface area contributed by atoms with E-state index in [1.165, 1.54) is 24.5 Å². The molecular formula is C22H24FN3O3S. The van der Waals surface area contributed by atoms with Crippen molar-refractivity contribution in [2.75, 3.05) is 18.8 Å². The van der Waals surface area contributed by atoms with Gasteiger partial charge in [-0.1, -0.05) is 30.3 Å². The first-order valence-corrected chi connectivity index (χ1v) is 11.7. The zero-order valence-electron chi connectivity index (χ0n) is 16.6. The van der Waals surface area contributed by atoms with Crippen LogP contribution in [0.4, 0.5) is 4.39 Å². The second kappa shape index (κ2) is 8.65. The molecule has 2 heterocycles. The fraction of sp³-hybridized carbons (Fsp3) is 0.364. The number of nitrogens with zero attached hydrogens (tertiary/aromatic N) is 3. The van der Waals surface area contributed by atoms with Crippen LogP contribution in [0.1, 0.15) is 18.4 Å². The van der Waals surface area contributed by atoms with Crippen LogP contribution in [0.25, 0.3) is 10.9 Å². The van der Waals surface area contributed by atoms with Crippen molar-refractivity contribution in [1.29, 1.82) is 0 Å². The summed E-state index contributed by atoms with van der Waals surface area (Å²) >= 11 is 0. The molecule has 0 unspecified atom stereocenters. The van der Waals surface area contributed by atoms with E-state index in [4.69, 9.17) is 0 Å². The van der Waals surface area contributed by atoms with Gasteiger partial charge in [-0.15, -0.1) is 0 Å². The Hall–Kier alpha value is -2.58. The summed E-state index contributed by atoms with van der Waals surface area (Å²) in [6.45, 7) is 1.41. The van der Waals surface area contributed by atoms with Gasteiger partial charge in [-0.3, -0.25) is 9.36 Å². The quantitative estimate of drug-likeness (QED) is 0.604. The molecule has 1 fully saturated rings. The molecule has 0 bridgehead atoms. The average molecular weight is 430 g/mol. The summed E-state index contributed by atoms with van der Waals surface area (Å²) in [5.41, 5.74) is 1.16. The van der Waals surface area contributed by atoms with Crippen molar-refractivity contribution in [3.63, 3.8) is 0 Å². The Bertz CT molecular complexity index is 1190. The normalized spacial score (nSPS) is 16.2. The Morgan fingerprint density at radius 3 is 2.53 bits per heavy atom. The molecule has 3 aromatic rings. The van der Waals surface area contributed by atoms with Crippen LogP contribution < -0.4 is 5.56 Å². The standard InChI is InChI=1S/C22H24FN3O3S/c23-19-6-7-20-21(14-19)24-16-25(22(20)27)15-18-8-11-26(12-9-18)30(28,29)13-10-17-4-2-1-3-5-17/h1-7,14,16,18H,8-13,15H2. The van der Waals surface area contributed by atoms with Gasteiger partial charge in [0.15, 0.2) is 0 Å². The number of aryl methyl sites for hydroxylation is 1. The largest absolute Gasteiger partial charge is 0.298 e. The van der Waals surface area contributed by atoms with Gasteiger partial charge in [-0.2, -0.15) is 0 Å². The van der Waals surface area contributed by atoms with Gasteiger partial charge < -0.3 is 0 Å². The highest BCUT2D eigenvalue weighted by molar-refractivity contribution is 7.89. The fourth-order valence-corrected chi connectivity index (χ4v) is 5.45. The minimum atomic E-state index is -3.30. The van der Waals surface area contributed by atoms with E-state index in [0.717, 1.165) is 5.56 Å². The highest BCUT2D eigenvalue weighted by Crippen LogP contribution is 2.22. The number of hydrogen-bond donors (Lipinski definition) is 0. The van der Waals surface area contributed by atoms with Gasteiger partial charge in [0.25, 0.3) is 5.56 Å². The summed E-state index contributed by atoms with van der Waals surface area (Å²) in [6, 6.07) is 13.6. The van der Waals surface area contributed by atoms with Gasteiger partial charge >= 0.3 is 0 Å². The topological polar surface area (TPSA) is 72.3 Å². The van der Waals surface area contributed by atoms with Gasteiger partial charge in [-0.25, -0.2) is 22.1 Å². The first-order valence-electron chi connectivity index (χ1n) is 10.1. The Morgan fingerprint density at radius 1 is 1.07 bits per heavy atom. The van der Waals surface area contributed by atoms with E-state index in [2.05, 4.69) is 4.98 Å². The molecule has 0 aliphatic carbocycles. The molecule has 1 aromatic heterocycles. The number of fused-ring (bicyclic) bond motifs is 1. The zero-order valence-corrected chi connectivity index (χ0v) is 17.4. The van der Waals surface area contributed by atoms with Gasteiger partial charge in [-0.05, 0) is 42.9 Å². The smallest absolute Gasteiger partial charge is 0.261 e. The van der Waals surface area contributed by atoms with E-state index in [9.17, 15) is 17.6 Å². The second-order valence-electron chi connectivity index (χ2n) is 7.76. The monoisotopic (exact) mass is 429 g/mol. The van der Waals surface area contributed by atoms with E-state index in [1.54, 1.807) is 8.87 Å². The third kappa shape index (κ3) is 4.60. The summed E-state index contributed by atoms with van der Waals surface area (Å²) < 4.78 is 41.8. The lowest BCUT2D eigenvalue weighted by Gasteiger charge is -2.31. The molecular weight excluding hydrogens is 405 g/mol. The number of piperidine rings is 1. The van der Waals surface area contributed by atoms with Crippen LogP contribution in [0.3, 0.4) is 0 Å². The van der Waals surface area contributed by atoms with Crippen LogP contribution in [-0.2, 0) is 23.0 Å². The molecule has 1 saturated heterocycles. The van der Waals surface area contributed by atoms with Gasteiger partial charge in [0, 0.05) is 25.7 Å². The third-order valence-electron chi connectivity index (χ3n) is 5.70. The lowest BCUT2D eigenvalue weighted by molar-refractivity contribution is 0.251. The first-order chi connectivity index (χ1) is 14.4. The van der Waals surface area contributed by atoms with E-state index in [-0.39, 0.29) is 17.2 Å². The fourth-order valence-electron chi connectivity index (χ4n) is 3.93. The Kier molecular flexibility index (Phi) is 5.97. The molecule has 0 amide bonds. The third-order valence-corrected chi connectivity index (χ3v) is 7.57. The van der Waals surface area contributed by atoms with Crippen molar-refractivity contribution < 1.29 is 12.8 Å². The number of rotatable bonds is 6. The molecule has 8 heteroatoms. The lowest BCUT2D eigenvalue weighted by atomic mass is 9.98. The molecule has 1 aliphatic rings. The molecule has 6 nitrogen and oxygen atoms in total. The van der Waals surface area contributed by atoms with Crippen molar-refractivity contribution >= 4 is 20.9 Å². The second-order valence-corrected chi connectivity index (χ2v) is 9.85. The summed E-state index contributed by atoms with van der Waals surface area (Å²) in [6.07, 6.45) is 3.34. The van der Waals surface area contributed by atoms with Crippen molar-refractivity contribution in [3.8, 4) is 0 Å². The number of aromatic nitrogens is 2. The molecule has 1 aliphatic heterocycles. The van der Waals surface area contributed by atoms with E-state index in [1.807, 2.05) is 30.3 Å². The minimum Gasteiger partial charge on any atom is -0.298 e. The Balaban J connectivity index is 1.36. The Morgan fingerprint density at radius 2 is 1.80 bits per heavy atom. The number of halogens is 1. The SMILES string of the molecule is O=c1c2ccc(F)cc2ncn1CC1CCN(S(=O)(=O)CCc2ccccc2)CC1. The number of hydrogen-bond acceptors (Lipinski definition) is 4. The van der Waals surface area contributed by atoms with Crippen molar-refractivity contribution in [1.82, 2.24) is 13.9 Å². The molecule has 0 saturated carbocycles. The maximum absolute atomic E-state index is 13.3. The molecule has 30 heavy (non-hydrogen) atoms. The number of sulfonamides is 1. The first kappa shape index (κ1) is 20.7. The lowest BCUT2D eigenvalue weighted by Crippen LogP contribution is -2.41. The average Bonchev–Trinajstić information content (AvgIpc) is 2.75. The summed E-state index contributed by atoms with van der Waals surface area (Å²) in [5, 5.41) is 0.389. The van der Waals surface area contributed by atoms with E-state index >= 15 is 0 Å².